The molecule has 0 aliphatic carbocycles. The Labute approximate surface area is 168 Å². The van der Waals surface area contributed by atoms with Gasteiger partial charge in [-0.1, -0.05) is 54.1 Å². The lowest BCUT2D eigenvalue weighted by Gasteiger charge is -2.13. The van der Waals surface area contributed by atoms with E-state index in [0.717, 1.165) is 5.56 Å². The Kier molecular flexibility index (Phi) is 5.93. The molecule has 28 heavy (non-hydrogen) atoms. The molecule has 0 saturated carbocycles. The third kappa shape index (κ3) is 4.30. The van der Waals surface area contributed by atoms with Crippen molar-refractivity contribution in [3.63, 3.8) is 0 Å². The minimum absolute atomic E-state index is 0.0666. The van der Waals surface area contributed by atoms with E-state index >= 15 is 0 Å². The van der Waals surface area contributed by atoms with E-state index in [1.165, 1.54) is 24.3 Å². The number of halogens is 2. The second-order valence-corrected chi connectivity index (χ2v) is 8.37. The Morgan fingerprint density at radius 3 is 2.43 bits per heavy atom. The van der Waals surface area contributed by atoms with Crippen LogP contribution in [0.1, 0.15) is 15.9 Å². The van der Waals surface area contributed by atoms with Crippen molar-refractivity contribution in [2.75, 3.05) is 6.54 Å². The largest absolute Gasteiger partial charge is 0.293 e. The second-order valence-electron chi connectivity index (χ2n) is 6.17. The minimum Gasteiger partial charge on any atom is -0.293 e. The number of hydrogen-bond donors (Lipinski definition) is 1. The SMILES string of the molecule is Cc1c(-c2ccccc2)ccc(F)c1C(=O)CNS(=O)(=O)c1cccc(Cl)c1. The summed E-state index contributed by atoms with van der Waals surface area (Å²) < 4.78 is 41.3. The molecule has 0 bridgehead atoms. The summed E-state index contributed by atoms with van der Waals surface area (Å²) in [5, 5.41) is 0.256. The monoisotopic (exact) mass is 417 g/mol. The summed E-state index contributed by atoms with van der Waals surface area (Å²) in [6.45, 7) is 1.08. The van der Waals surface area contributed by atoms with Crippen molar-refractivity contribution >= 4 is 27.4 Å². The normalized spacial score (nSPS) is 11.4. The first-order valence-corrected chi connectivity index (χ1v) is 10.3. The van der Waals surface area contributed by atoms with Gasteiger partial charge in [0.15, 0.2) is 5.78 Å². The highest BCUT2D eigenvalue weighted by Crippen LogP contribution is 2.27. The Morgan fingerprint density at radius 2 is 1.75 bits per heavy atom. The van der Waals surface area contributed by atoms with Crippen LogP contribution in [-0.2, 0) is 10.0 Å². The Hall–Kier alpha value is -2.54. The van der Waals surface area contributed by atoms with Gasteiger partial charge in [-0.15, -0.1) is 0 Å². The maximum Gasteiger partial charge on any atom is 0.241 e. The molecule has 0 atom stereocenters. The van der Waals surface area contributed by atoms with E-state index < -0.39 is 28.2 Å². The van der Waals surface area contributed by atoms with Crippen LogP contribution in [0.15, 0.2) is 71.6 Å². The highest BCUT2D eigenvalue weighted by Gasteiger charge is 2.21. The standard InChI is InChI=1S/C21H17ClFNO3S/c1-14-18(15-6-3-2-4-7-15)10-11-19(23)21(14)20(25)13-24-28(26,27)17-9-5-8-16(22)12-17/h2-12,24H,13H2,1H3. The number of carbonyl (C=O) groups excluding carboxylic acids is 1. The zero-order valence-corrected chi connectivity index (χ0v) is 16.5. The quantitative estimate of drug-likeness (QED) is 0.595. The minimum atomic E-state index is -3.95. The van der Waals surface area contributed by atoms with Gasteiger partial charge >= 0.3 is 0 Å². The van der Waals surface area contributed by atoms with Crippen LogP contribution in [0.5, 0.6) is 0 Å². The number of ketones is 1. The molecule has 4 nitrogen and oxygen atoms in total. The van der Waals surface area contributed by atoms with E-state index in [-0.39, 0.29) is 15.5 Å². The molecule has 0 unspecified atom stereocenters. The number of sulfonamides is 1. The third-order valence-corrected chi connectivity index (χ3v) is 5.94. The predicted molar refractivity (Wildman–Crippen MR) is 108 cm³/mol. The zero-order chi connectivity index (χ0) is 20.3. The summed E-state index contributed by atoms with van der Waals surface area (Å²) in [6.07, 6.45) is 0. The molecule has 7 heteroatoms. The molecule has 0 aromatic heterocycles. The molecule has 0 saturated heterocycles. The number of carbonyl (C=O) groups is 1. The van der Waals surface area contributed by atoms with Crippen molar-refractivity contribution in [1.29, 1.82) is 0 Å². The summed E-state index contributed by atoms with van der Waals surface area (Å²) >= 11 is 5.82. The van der Waals surface area contributed by atoms with Gasteiger partial charge in [0.25, 0.3) is 0 Å². The Balaban J connectivity index is 1.87. The van der Waals surface area contributed by atoms with Crippen LogP contribution in [0.25, 0.3) is 11.1 Å². The summed E-state index contributed by atoms with van der Waals surface area (Å²) in [7, 11) is -3.95. The fourth-order valence-electron chi connectivity index (χ4n) is 2.92. The van der Waals surface area contributed by atoms with Crippen LogP contribution < -0.4 is 4.72 Å². The molecule has 0 radical (unpaired) electrons. The van der Waals surface area contributed by atoms with E-state index in [4.69, 9.17) is 11.6 Å². The topological polar surface area (TPSA) is 63.2 Å². The van der Waals surface area contributed by atoms with E-state index in [2.05, 4.69) is 4.72 Å². The first-order valence-electron chi connectivity index (χ1n) is 8.42. The lowest BCUT2D eigenvalue weighted by Crippen LogP contribution is -2.30. The molecule has 3 aromatic rings. The molecule has 0 amide bonds. The molecule has 0 spiro atoms. The smallest absolute Gasteiger partial charge is 0.241 e. The van der Waals surface area contributed by atoms with Crippen LogP contribution in [0.2, 0.25) is 5.02 Å². The van der Waals surface area contributed by atoms with Crippen molar-refractivity contribution < 1.29 is 17.6 Å². The van der Waals surface area contributed by atoms with Crippen LogP contribution in [0.4, 0.5) is 4.39 Å². The van der Waals surface area contributed by atoms with Gasteiger partial charge in [-0.3, -0.25) is 4.79 Å². The molecule has 0 fully saturated rings. The Morgan fingerprint density at radius 1 is 1.04 bits per heavy atom. The summed E-state index contributed by atoms with van der Waals surface area (Å²) in [5.74, 6) is -1.34. The van der Waals surface area contributed by atoms with Crippen molar-refractivity contribution in [1.82, 2.24) is 4.72 Å². The molecule has 144 valence electrons. The molecule has 1 N–H and O–H groups in total. The number of nitrogens with one attached hydrogen (secondary N) is 1. The third-order valence-electron chi connectivity index (χ3n) is 4.31. The fourth-order valence-corrected chi connectivity index (χ4v) is 4.20. The van der Waals surface area contributed by atoms with Crippen LogP contribution >= 0.6 is 11.6 Å². The molecule has 3 rings (SSSR count). The van der Waals surface area contributed by atoms with E-state index in [1.54, 1.807) is 19.1 Å². The van der Waals surface area contributed by atoms with Gasteiger partial charge in [0.1, 0.15) is 5.82 Å². The zero-order valence-electron chi connectivity index (χ0n) is 14.9. The average molecular weight is 418 g/mol. The lowest BCUT2D eigenvalue weighted by molar-refractivity contribution is 0.0992. The predicted octanol–water partition coefficient (Wildman–Crippen LogP) is 4.62. The highest BCUT2D eigenvalue weighted by atomic mass is 35.5. The number of Topliss-reactive ketones (excluding diaryl/α,β-unsaturated/α-hetero) is 1. The van der Waals surface area contributed by atoms with Crippen molar-refractivity contribution in [3.05, 3.63) is 88.7 Å². The van der Waals surface area contributed by atoms with Gasteiger partial charge in [-0.05, 0) is 47.9 Å². The molecule has 0 aliphatic heterocycles. The van der Waals surface area contributed by atoms with Crippen molar-refractivity contribution in [3.8, 4) is 11.1 Å². The maximum atomic E-state index is 14.4. The van der Waals surface area contributed by atoms with Gasteiger partial charge in [-0.25, -0.2) is 17.5 Å². The molecular weight excluding hydrogens is 401 g/mol. The van der Waals surface area contributed by atoms with Crippen LogP contribution in [0.3, 0.4) is 0 Å². The van der Waals surface area contributed by atoms with Gasteiger partial charge in [-0.2, -0.15) is 0 Å². The number of hydrogen-bond acceptors (Lipinski definition) is 3. The summed E-state index contributed by atoms with van der Waals surface area (Å²) in [6, 6.07) is 17.8. The van der Waals surface area contributed by atoms with Gasteiger partial charge in [0.2, 0.25) is 10.0 Å². The Bertz CT molecular complexity index is 1130. The second kappa shape index (κ2) is 8.22. The lowest BCUT2D eigenvalue weighted by atomic mass is 9.94. The van der Waals surface area contributed by atoms with Crippen molar-refractivity contribution in [2.24, 2.45) is 0 Å². The molecule has 0 heterocycles. The fraction of sp³-hybridized carbons (Fsp3) is 0.0952. The summed E-state index contributed by atoms with van der Waals surface area (Å²) in [4.78, 5) is 12.6. The van der Waals surface area contributed by atoms with E-state index in [9.17, 15) is 17.6 Å². The van der Waals surface area contributed by atoms with E-state index in [1.807, 2.05) is 30.3 Å². The maximum absolute atomic E-state index is 14.4. The van der Waals surface area contributed by atoms with Gasteiger partial charge < -0.3 is 0 Å². The molecule has 3 aromatic carbocycles. The molecule has 0 aliphatic rings. The average Bonchev–Trinajstić information content (AvgIpc) is 2.67. The first-order chi connectivity index (χ1) is 13.3. The van der Waals surface area contributed by atoms with Crippen molar-refractivity contribution in [2.45, 2.75) is 11.8 Å². The van der Waals surface area contributed by atoms with Gasteiger partial charge in [0, 0.05) is 5.02 Å². The summed E-state index contributed by atoms with van der Waals surface area (Å²) in [5.41, 5.74) is 1.88. The van der Waals surface area contributed by atoms with Gasteiger partial charge in [0.05, 0.1) is 17.0 Å². The van der Waals surface area contributed by atoms with Crippen LogP contribution in [0, 0.1) is 12.7 Å². The number of rotatable bonds is 6. The first kappa shape index (κ1) is 20.2. The molecular formula is C21H17ClFNO3S. The number of benzene rings is 3. The van der Waals surface area contributed by atoms with Crippen LogP contribution in [-0.4, -0.2) is 20.7 Å². The van der Waals surface area contributed by atoms with E-state index in [0.29, 0.717) is 11.1 Å². The highest BCUT2D eigenvalue weighted by molar-refractivity contribution is 7.89.